The van der Waals surface area contributed by atoms with Gasteiger partial charge in [-0.25, -0.2) is 0 Å². The van der Waals surface area contributed by atoms with Gasteiger partial charge in [0.15, 0.2) is 0 Å². The van der Waals surface area contributed by atoms with Gasteiger partial charge in [-0.3, -0.25) is 4.98 Å². The second kappa shape index (κ2) is 4.46. The molecule has 4 aromatic rings. The van der Waals surface area contributed by atoms with E-state index in [9.17, 15) is 0 Å². The van der Waals surface area contributed by atoms with E-state index in [0.29, 0.717) is 12.1 Å². The summed E-state index contributed by atoms with van der Waals surface area (Å²) < 4.78 is 15.4. The molecular formula is C19H13N. The maximum atomic E-state index is 7.73. The molecular weight excluding hydrogens is 242 g/mol. The first-order valence-electron chi connectivity index (χ1n) is 7.57. The molecule has 0 unspecified atom stereocenters. The van der Waals surface area contributed by atoms with Crippen LogP contribution in [-0.2, 0) is 0 Å². The molecule has 0 radical (unpaired) electrons. The van der Waals surface area contributed by atoms with Gasteiger partial charge in [-0.2, -0.15) is 0 Å². The van der Waals surface area contributed by atoms with Crippen LogP contribution in [0.4, 0.5) is 0 Å². The minimum absolute atomic E-state index is 0.464. The van der Waals surface area contributed by atoms with Crippen molar-refractivity contribution in [3.05, 3.63) is 78.9 Å². The van der Waals surface area contributed by atoms with Crippen molar-refractivity contribution >= 4 is 21.5 Å². The number of rotatable bonds is 1. The fourth-order valence-electron chi connectivity index (χ4n) is 2.59. The van der Waals surface area contributed by atoms with Gasteiger partial charge < -0.3 is 0 Å². The van der Waals surface area contributed by atoms with E-state index in [0.717, 1.165) is 27.4 Å². The molecule has 0 spiro atoms. The molecule has 0 bridgehead atoms. The Balaban J connectivity index is 1.95. The molecule has 1 nitrogen and oxygen atoms in total. The number of nitrogens with zero attached hydrogens (tertiary/aromatic N) is 1. The predicted molar refractivity (Wildman–Crippen MR) is 84.7 cm³/mol. The molecule has 1 heteroatoms. The van der Waals surface area contributed by atoms with Crippen molar-refractivity contribution in [2.24, 2.45) is 0 Å². The molecule has 3 aromatic carbocycles. The Bertz CT molecular complexity index is 1010. The van der Waals surface area contributed by atoms with E-state index in [-0.39, 0.29) is 0 Å². The van der Waals surface area contributed by atoms with Gasteiger partial charge in [0, 0.05) is 11.8 Å². The van der Waals surface area contributed by atoms with E-state index in [4.69, 9.17) is 2.74 Å². The average molecular weight is 257 g/mol. The van der Waals surface area contributed by atoms with E-state index in [1.165, 1.54) is 5.39 Å². The molecule has 0 amide bonds. The van der Waals surface area contributed by atoms with Gasteiger partial charge in [-0.05, 0) is 39.7 Å². The molecule has 20 heavy (non-hydrogen) atoms. The predicted octanol–water partition coefficient (Wildman–Crippen LogP) is 5.06. The average Bonchev–Trinajstić information content (AvgIpc) is 2.54. The second-order valence-electron chi connectivity index (χ2n) is 4.79. The number of aromatic nitrogens is 1. The maximum absolute atomic E-state index is 7.73. The van der Waals surface area contributed by atoms with Crippen LogP contribution in [0, 0.1) is 0 Å². The van der Waals surface area contributed by atoms with E-state index >= 15 is 0 Å². The molecule has 1 heterocycles. The first-order chi connectivity index (χ1) is 10.7. The quantitative estimate of drug-likeness (QED) is 0.434. The summed E-state index contributed by atoms with van der Waals surface area (Å²) in [6.07, 6.45) is 1.66. The Hall–Kier alpha value is -2.67. The SMILES string of the molecule is [2H]c1ccnc(-c2ccc3c(ccc4cc([2H])ccc43)c2)c1. The molecule has 0 aliphatic carbocycles. The number of hydrogen-bond donors (Lipinski definition) is 0. The smallest absolute Gasteiger partial charge is 0.0702 e. The Morgan fingerprint density at radius 1 is 0.750 bits per heavy atom. The lowest BCUT2D eigenvalue weighted by Gasteiger charge is -2.06. The number of benzene rings is 3. The van der Waals surface area contributed by atoms with Crippen molar-refractivity contribution in [3.63, 3.8) is 0 Å². The van der Waals surface area contributed by atoms with E-state index < -0.39 is 0 Å². The van der Waals surface area contributed by atoms with Crippen molar-refractivity contribution < 1.29 is 2.74 Å². The van der Waals surface area contributed by atoms with Crippen LogP contribution < -0.4 is 0 Å². The van der Waals surface area contributed by atoms with Crippen molar-refractivity contribution in [1.29, 1.82) is 0 Å². The molecule has 0 saturated heterocycles. The number of fused-ring (bicyclic) bond motifs is 3. The fraction of sp³-hybridized carbons (Fsp3) is 0. The highest BCUT2D eigenvalue weighted by Crippen LogP contribution is 2.28. The van der Waals surface area contributed by atoms with E-state index in [1.54, 1.807) is 18.3 Å². The van der Waals surface area contributed by atoms with Crippen LogP contribution in [0.3, 0.4) is 0 Å². The highest BCUT2D eigenvalue weighted by molar-refractivity contribution is 6.08. The summed E-state index contributed by atoms with van der Waals surface area (Å²) in [5, 5.41) is 4.55. The third kappa shape index (κ3) is 1.76. The highest BCUT2D eigenvalue weighted by Gasteiger charge is 2.03. The molecule has 0 fully saturated rings. The summed E-state index contributed by atoms with van der Waals surface area (Å²) >= 11 is 0. The first-order valence-corrected chi connectivity index (χ1v) is 6.57. The minimum Gasteiger partial charge on any atom is -0.256 e. The van der Waals surface area contributed by atoms with Crippen LogP contribution in [0.2, 0.25) is 0 Å². The monoisotopic (exact) mass is 257 g/mol. The lowest BCUT2D eigenvalue weighted by Crippen LogP contribution is -1.83. The molecule has 0 aliphatic heterocycles. The molecule has 0 atom stereocenters. The second-order valence-corrected chi connectivity index (χ2v) is 4.79. The molecule has 0 N–H and O–H groups in total. The third-order valence-electron chi connectivity index (χ3n) is 3.58. The number of pyridine rings is 1. The summed E-state index contributed by atoms with van der Waals surface area (Å²) in [7, 11) is 0. The summed E-state index contributed by atoms with van der Waals surface area (Å²) in [4.78, 5) is 4.35. The third-order valence-corrected chi connectivity index (χ3v) is 3.58. The van der Waals surface area contributed by atoms with Crippen molar-refractivity contribution in [2.75, 3.05) is 0 Å². The zero-order valence-electron chi connectivity index (χ0n) is 12.8. The van der Waals surface area contributed by atoms with Gasteiger partial charge in [-0.1, -0.05) is 54.5 Å². The Morgan fingerprint density at radius 3 is 2.55 bits per heavy atom. The van der Waals surface area contributed by atoms with Crippen molar-refractivity contribution in [2.45, 2.75) is 0 Å². The lowest BCUT2D eigenvalue weighted by molar-refractivity contribution is 1.33. The summed E-state index contributed by atoms with van der Waals surface area (Å²) in [5.41, 5.74) is 1.83. The van der Waals surface area contributed by atoms with Crippen LogP contribution in [-0.4, -0.2) is 4.98 Å². The lowest BCUT2D eigenvalue weighted by atomic mass is 9.99. The van der Waals surface area contributed by atoms with Crippen LogP contribution >= 0.6 is 0 Å². The zero-order valence-corrected chi connectivity index (χ0v) is 10.8. The van der Waals surface area contributed by atoms with Crippen LogP contribution in [0.1, 0.15) is 2.74 Å². The van der Waals surface area contributed by atoms with Crippen LogP contribution in [0.15, 0.2) is 78.9 Å². The largest absolute Gasteiger partial charge is 0.256 e. The van der Waals surface area contributed by atoms with Crippen molar-refractivity contribution in [1.82, 2.24) is 4.98 Å². The minimum atomic E-state index is 0.464. The van der Waals surface area contributed by atoms with E-state index in [2.05, 4.69) is 23.2 Å². The van der Waals surface area contributed by atoms with Gasteiger partial charge in [0.25, 0.3) is 0 Å². The molecule has 94 valence electrons. The topological polar surface area (TPSA) is 12.9 Å². The summed E-state index contributed by atoms with van der Waals surface area (Å²) in [6.45, 7) is 0. The fourth-order valence-corrected chi connectivity index (χ4v) is 2.59. The van der Waals surface area contributed by atoms with Crippen molar-refractivity contribution in [3.8, 4) is 11.3 Å². The molecule has 4 rings (SSSR count). The van der Waals surface area contributed by atoms with Gasteiger partial charge in [0.05, 0.1) is 8.44 Å². The van der Waals surface area contributed by atoms with E-state index in [1.807, 2.05) is 30.3 Å². The molecule has 1 aromatic heterocycles. The molecule has 0 aliphatic rings. The summed E-state index contributed by atoms with van der Waals surface area (Å²) in [6, 6.07) is 20.5. The Morgan fingerprint density at radius 2 is 1.60 bits per heavy atom. The normalized spacial score (nSPS) is 12.4. The Kier molecular flexibility index (Phi) is 2.07. The standard InChI is InChI=1S/C19H13N/c1-2-6-17-14(5-1)8-9-15-13-16(10-11-18(15)17)19-7-3-4-12-20-19/h1-13H/i1D,3D. The Labute approximate surface area is 120 Å². The summed E-state index contributed by atoms with van der Waals surface area (Å²) in [5.74, 6) is 0. The van der Waals surface area contributed by atoms with Crippen LogP contribution in [0.5, 0.6) is 0 Å². The van der Waals surface area contributed by atoms with Gasteiger partial charge in [0.2, 0.25) is 0 Å². The molecule has 0 saturated carbocycles. The van der Waals surface area contributed by atoms with Gasteiger partial charge in [-0.15, -0.1) is 0 Å². The highest BCUT2D eigenvalue weighted by atomic mass is 14.7. The number of hydrogen-bond acceptors (Lipinski definition) is 1. The van der Waals surface area contributed by atoms with Gasteiger partial charge >= 0.3 is 0 Å². The van der Waals surface area contributed by atoms with Gasteiger partial charge in [0.1, 0.15) is 0 Å². The zero-order chi connectivity index (χ0) is 15.1. The first kappa shape index (κ1) is 9.27. The van der Waals surface area contributed by atoms with Crippen LogP contribution in [0.25, 0.3) is 32.8 Å². The maximum Gasteiger partial charge on any atom is 0.0702 e.